The predicted octanol–water partition coefficient (Wildman–Crippen LogP) is 1.88. The van der Waals surface area contributed by atoms with Crippen molar-refractivity contribution >= 4 is 23.3 Å². The van der Waals surface area contributed by atoms with Crippen LogP contribution in [0.15, 0.2) is 10.2 Å². The summed E-state index contributed by atoms with van der Waals surface area (Å²) in [6.07, 6.45) is 0.835. The van der Waals surface area contributed by atoms with Crippen molar-refractivity contribution in [1.29, 1.82) is 0 Å². The maximum Gasteiger partial charge on any atom is 0.347 e. The van der Waals surface area contributed by atoms with Crippen LogP contribution in [0.5, 0.6) is 0 Å². The van der Waals surface area contributed by atoms with Crippen molar-refractivity contribution in [3.05, 3.63) is 20.7 Å². The van der Waals surface area contributed by atoms with Gasteiger partial charge in [0.1, 0.15) is 0 Å². The van der Waals surface area contributed by atoms with Crippen molar-refractivity contribution in [2.24, 2.45) is 0 Å². The lowest BCUT2D eigenvalue weighted by molar-refractivity contribution is -0.166. The number of carbonyl (C=O) groups is 2. The highest BCUT2D eigenvalue weighted by atomic mass is 32.1. The summed E-state index contributed by atoms with van der Waals surface area (Å²) < 4.78 is 11.5. The van der Waals surface area contributed by atoms with E-state index in [9.17, 15) is 14.4 Å². The largest absolute Gasteiger partial charge is 0.463 e. The van der Waals surface area contributed by atoms with E-state index in [2.05, 4.69) is 0 Å². The Bertz CT molecular complexity index is 534. The van der Waals surface area contributed by atoms with Gasteiger partial charge in [0.15, 0.2) is 6.10 Å². The highest BCUT2D eigenvalue weighted by Gasteiger charge is 2.19. The molecule has 6 nitrogen and oxygen atoms in total. The number of nitrogens with zero attached hydrogens (tertiary/aromatic N) is 1. The summed E-state index contributed by atoms with van der Waals surface area (Å²) in [4.78, 5) is 34.6. The molecule has 1 heterocycles. The average molecular weight is 315 g/mol. The van der Waals surface area contributed by atoms with Gasteiger partial charge in [-0.3, -0.25) is 9.59 Å². The Morgan fingerprint density at radius 1 is 1.43 bits per heavy atom. The summed E-state index contributed by atoms with van der Waals surface area (Å²) in [6.45, 7) is 5.86. The van der Waals surface area contributed by atoms with Crippen LogP contribution in [0.4, 0.5) is 0 Å². The Kier molecular flexibility index (Phi) is 7.14. The minimum atomic E-state index is -0.922. The normalized spacial score (nSPS) is 12.0. The number of ether oxygens (including phenoxy) is 2. The number of hydrogen-bond acceptors (Lipinski definition) is 6. The van der Waals surface area contributed by atoms with Crippen molar-refractivity contribution in [3.8, 4) is 0 Å². The molecule has 118 valence electrons. The second kappa shape index (κ2) is 8.61. The van der Waals surface area contributed by atoms with E-state index in [1.807, 2.05) is 6.92 Å². The van der Waals surface area contributed by atoms with E-state index in [1.165, 1.54) is 11.5 Å². The molecular formula is C14H21NO5S. The third kappa shape index (κ3) is 5.71. The van der Waals surface area contributed by atoms with Gasteiger partial charge in [-0.2, -0.15) is 0 Å². The number of aryl methyl sites for hydroxylation is 1. The van der Waals surface area contributed by atoms with Crippen molar-refractivity contribution in [1.82, 2.24) is 4.57 Å². The smallest absolute Gasteiger partial charge is 0.347 e. The minimum Gasteiger partial charge on any atom is -0.463 e. The maximum absolute atomic E-state index is 11.7. The molecule has 0 fully saturated rings. The highest BCUT2D eigenvalue weighted by Crippen LogP contribution is 2.04. The fraction of sp³-hybridized carbons (Fsp3) is 0.643. The van der Waals surface area contributed by atoms with Gasteiger partial charge >= 0.3 is 16.8 Å². The fourth-order valence-corrected chi connectivity index (χ4v) is 2.38. The Morgan fingerprint density at radius 3 is 2.71 bits per heavy atom. The molecule has 0 aliphatic carbocycles. The average Bonchev–Trinajstić information content (AvgIpc) is 2.76. The molecule has 0 saturated carbocycles. The van der Waals surface area contributed by atoms with Gasteiger partial charge in [0, 0.05) is 17.6 Å². The van der Waals surface area contributed by atoms with Crippen LogP contribution in [-0.2, 0) is 25.6 Å². The van der Waals surface area contributed by atoms with Crippen LogP contribution in [0.25, 0.3) is 0 Å². The number of unbranched alkanes of at least 4 members (excludes halogenated alkanes) is 1. The van der Waals surface area contributed by atoms with E-state index in [0.29, 0.717) is 6.61 Å². The molecule has 0 saturated heterocycles. The van der Waals surface area contributed by atoms with Crippen molar-refractivity contribution in [2.75, 3.05) is 6.61 Å². The van der Waals surface area contributed by atoms with Gasteiger partial charge in [0.05, 0.1) is 13.0 Å². The van der Waals surface area contributed by atoms with Gasteiger partial charge in [-0.05, 0) is 20.3 Å². The Labute approximate surface area is 127 Å². The van der Waals surface area contributed by atoms with Gasteiger partial charge in [-0.25, -0.2) is 4.79 Å². The zero-order chi connectivity index (χ0) is 15.8. The summed E-state index contributed by atoms with van der Waals surface area (Å²) in [5.41, 5.74) is 0.810. The fourth-order valence-electron chi connectivity index (χ4n) is 1.62. The summed E-state index contributed by atoms with van der Waals surface area (Å²) in [5.74, 6) is -1.06. The van der Waals surface area contributed by atoms with E-state index >= 15 is 0 Å². The first kappa shape index (κ1) is 17.4. The van der Waals surface area contributed by atoms with E-state index in [-0.39, 0.29) is 17.8 Å². The predicted molar refractivity (Wildman–Crippen MR) is 79.4 cm³/mol. The monoisotopic (exact) mass is 315 g/mol. The highest BCUT2D eigenvalue weighted by molar-refractivity contribution is 7.07. The quantitative estimate of drug-likeness (QED) is 0.541. The lowest BCUT2D eigenvalue weighted by Gasteiger charge is -2.12. The Hall–Kier alpha value is -1.63. The molecule has 0 unspecified atom stereocenters. The molecule has 1 aromatic rings. The van der Waals surface area contributed by atoms with Crippen LogP contribution in [0.3, 0.4) is 0 Å². The maximum atomic E-state index is 11.7. The van der Waals surface area contributed by atoms with E-state index in [0.717, 1.165) is 29.9 Å². The zero-order valence-corrected chi connectivity index (χ0v) is 13.4. The zero-order valence-electron chi connectivity index (χ0n) is 12.6. The number of rotatable bonds is 8. The first-order valence-electron chi connectivity index (χ1n) is 6.96. The van der Waals surface area contributed by atoms with Gasteiger partial charge in [0.2, 0.25) is 0 Å². The Balaban J connectivity index is 2.36. The number of thiazole rings is 1. The molecule has 0 bridgehead atoms. The number of carbonyl (C=O) groups excluding carboxylic acids is 2. The van der Waals surface area contributed by atoms with Crippen LogP contribution < -0.4 is 4.87 Å². The first-order chi connectivity index (χ1) is 9.95. The van der Waals surface area contributed by atoms with Gasteiger partial charge < -0.3 is 14.0 Å². The van der Waals surface area contributed by atoms with Crippen LogP contribution >= 0.6 is 11.3 Å². The van der Waals surface area contributed by atoms with E-state index in [1.54, 1.807) is 12.3 Å². The summed E-state index contributed by atoms with van der Waals surface area (Å²) >= 11 is 1.09. The van der Waals surface area contributed by atoms with Crippen LogP contribution in [0.1, 0.15) is 38.8 Å². The molecule has 0 aliphatic rings. The molecule has 1 rings (SSSR count). The van der Waals surface area contributed by atoms with Crippen LogP contribution in [0.2, 0.25) is 0 Å². The van der Waals surface area contributed by atoms with Gasteiger partial charge in [-0.1, -0.05) is 24.7 Å². The van der Waals surface area contributed by atoms with E-state index < -0.39 is 18.0 Å². The van der Waals surface area contributed by atoms with Crippen LogP contribution in [0, 0.1) is 6.92 Å². The number of aromatic nitrogens is 1. The van der Waals surface area contributed by atoms with Crippen molar-refractivity contribution in [2.45, 2.75) is 52.7 Å². The first-order valence-corrected chi connectivity index (χ1v) is 7.84. The molecule has 0 spiro atoms. The molecule has 0 aromatic carbocycles. The summed E-state index contributed by atoms with van der Waals surface area (Å²) in [7, 11) is 0. The SMILES string of the molecule is CCCCOC(=O)[C@@H](C)OC(=O)CCn1c(C)csc1=O. The number of hydrogen-bond donors (Lipinski definition) is 0. The third-order valence-electron chi connectivity index (χ3n) is 2.90. The lowest BCUT2D eigenvalue weighted by atomic mass is 10.3. The van der Waals surface area contributed by atoms with Gasteiger partial charge in [0.25, 0.3) is 0 Å². The van der Waals surface area contributed by atoms with Gasteiger partial charge in [-0.15, -0.1) is 0 Å². The topological polar surface area (TPSA) is 74.6 Å². The molecule has 0 radical (unpaired) electrons. The molecule has 0 amide bonds. The second-order valence-electron chi connectivity index (χ2n) is 4.70. The molecular weight excluding hydrogens is 294 g/mol. The molecule has 0 N–H and O–H groups in total. The van der Waals surface area contributed by atoms with E-state index in [4.69, 9.17) is 9.47 Å². The minimum absolute atomic E-state index is 0.0457. The van der Waals surface area contributed by atoms with Crippen molar-refractivity contribution < 1.29 is 19.1 Å². The third-order valence-corrected chi connectivity index (χ3v) is 3.78. The molecule has 1 atom stereocenters. The molecule has 7 heteroatoms. The lowest BCUT2D eigenvalue weighted by Crippen LogP contribution is -2.27. The molecule has 1 aromatic heterocycles. The summed E-state index contributed by atoms with van der Waals surface area (Å²) in [6, 6.07) is 0. The second-order valence-corrected chi connectivity index (χ2v) is 5.52. The summed E-state index contributed by atoms with van der Waals surface area (Å²) in [5, 5.41) is 1.74. The standard InChI is InChI=1S/C14H21NO5S/c1-4-5-8-19-13(17)11(3)20-12(16)6-7-15-10(2)9-21-14(15)18/h9,11H,4-8H2,1-3H3/t11-/m1/s1. The number of esters is 2. The molecule has 0 aliphatic heterocycles. The Morgan fingerprint density at radius 2 is 2.14 bits per heavy atom. The van der Waals surface area contributed by atoms with Crippen LogP contribution in [-0.4, -0.2) is 29.2 Å². The molecule has 21 heavy (non-hydrogen) atoms. The van der Waals surface area contributed by atoms with Crippen molar-refractivity contribution in [3.63, 3.8) is 0 Å².